The fourth-order valence-electron chi connectivity index (χ4n) is 1.75. The number of hydrogen-bond donors (Lipinski definition) is 1. The average Bonchev–Trinajstić information content (AvgIpc) is 2.38. The largest absolute Gasteiger partial charge is 0.487 e. The minimum Gasteiger partial charge on any atom is -0.487 e. The molecule has 2 aromatic carbocycles. The third kappa shape index (κ3) is 4.20. The van der Waals surface area contributed by atoms with Crippen LogP contribution in [0.2, 0.25) is 5.02 Å². The molecule has 0 unspecified atom stereocenters. The first-order chi connectivity index (χ1) is 9.77. The van der Waals surface area contributed by atoms with E-state index < -0.39 is 10.0 Å². The lowest BCUT2D eigenvalue weighted by Gasteiger charge is -2.12. The van der Waals surface area contributed by atoms with Gasteiger partial charge in [0.2, 0.25) is 10.0 Å². The number of benzene rings is 2. The zero-order valence-electron chi connectivity index (χ0n) is 11.1. The number of primary sulfonamides is 1. The summed E-state index contributed by atoms with van der Waals surface area (Å²) in [4.78, 5) is -0.0317. The van der Waals surface area contributed by atoms with Crippen molar-refractivity contribution in [3.05, 3.63) is 57.0 Å². The molecule has 7 heteroatoms. The second-order valence-electron chi connectivity index (χ2n) is 4.52. The van der Waals surface area contributed by atoms with Crippen molar-refractivity contribution in [2.75, 3.05) is 0 Å². The van der Waals surface area contributed by atoms with Crippen LogP contribution in [0.4, 0.5) is 0 Å². The van der Waals surface area contributed by atoms with Gasteiger partial charge in [-0.1, -0.05) is 39.7 Å². The summed E-state index contributed by atoms with van der Waals surface area (Å²) in [5.74, 6) is 0.210. The van der Waals surface area contributed by atoms with Crippen molar-refractivity contribution in [1.82, 2.24) is 0 Å². The second kappa shape index (κ2) is 6.36. The first-order valence-corrected chi connectivity index (χ1v) is 8.69. The fourth-order valence-corrected chi connectivity index (χ4v) is 3.24. The zero-order chi connectivity index (χ0) is 15.6. The molecule has 0 fully saturated rings. The summed E-state index contributed by atoms with van der Waals surface area (Å²) in [6, 6.07) is 10.2. The third-order valence-corrected chi connectivity index (χ3v) is 4.58. The quantitative estimate of drug-likeness (QED) is 0.866. The molecule has 0 aromatic heterocycles. The maximum absolute atomic E-state index is 11.6. The summed E-state index contributed by atoms with van der Waals surface area (Å²) < 4.78 is 29.6. The number of rotatable bonds is 4. The third-order valence-electron chi connectivity index (χ3n) is 2.80. The van der Waals surface area contributed by atoms with E-state index in [4.69, 9.17) is 21.5 Å². The van der Waals surface area contributed by atoms with E-state index in [1.54, 1.807) is 31.2 Å². The molecule has 0 saturated heterocycles. The molecule has 2 N–H and O–H groups in total. The molecule has 0 spiro atoms. The van der Waals surface area contributed by atoms with Crippen molar-refractivity contribution in [2.45, 2.75) is 18.4 Å². The lowest BCUT2D eigenvalue weighted by molar-refractivity contribution is 0.298. The van der Waals surface area contributed by atoms with E-state index in [1.807, 2.05) is 6.07 Å². The van der Waals surface area contributed by atoms with Gasteiger partial charge in [-0.2, -0.15) is 0 Å². The van der Waals surface area contributed by atoms with E-state index in [0.29, 0.717) is 5.02 Å². The minimum absolute atomic E-state index is 0.0317. The smallest absolute Gasteiger partial charge is 0.241 e. The maximum Gasteiger partial charge on any atom is 0.241 e. The molecular weight excluding hydrogens is 378 g/mol. The van der Waals surface area contributed by atoms with Crippen molar-refractivity contribution < 1.29 is 13.2 Å². The van der Waals surface area contributed by atoms with Crippen molar-refractivity contribution in [1.29, 1.82) is 0 Å². The Morgan fingerprint density at radius 1 is 1.24 bits per heavy atom. The normalized spacial score (nSPS) is 11.4. The van der Waals surface area contributed by atoms with Crippen molar-refractivity contribution in [2.24, 2.45) is 5.14 Å². The van der Waals surface area contributed by atoms with Gasteiger partial charge in [-0.25, -0.2) is 13.6 Å². The molecule has 0 radical (unpaired) electrons. The molecule has 0 bridgehead atoms. The van der Waals surface area contributed by atoms with Crippen molar-refractivity contribution >= 4 is 37.6 Å². The molecule has 4 nitrogen and oxygen atoms in total. The van der Waals surface area contributed by atoms with Gasteiger partial charge in [0.1, 0.15) is 17.3 Å². The Morgan fingerprint density at radius 2 is 1.95 bits per heavy atom. The average molecular weight is 391 g/mol. The van der Waals surface area contributed by atoms with Crippen LogP contribution in [0.5, 0.6) is 5.75 Å². The Balaban J connectivity index is 2.28. The number of ether oxygens (including phenoxy) is 1. The van der Waals surface area contributed by atoms with Crippen LogP contribution in [0.25, 0.3) is 0 Å². The maximum atomic E-state index is 11.6. The molecule has 2 aromatic rings. The molecule has 0 aliphatic heterocycles. The first-order valence-electron chi connectivity index (χ1n) is 5.97. The van der Waals surface area contributed by atoms with Gasteiger partial charge in [-0.15, -0.1) is 0 Å². The Hall–Kier alpha value is -1.08. The van der Waals surface area contributed by atoms with Crippen LogP contribution in [-0.2, 0) is 16.6 Å². The molecule has 21 heavy (non-hydrogen) atoms. The number of sulfonamides is 1. The van der Waals surface area contributed by atoms with Gasteiger partial charge in [0.05, 0.1) is 0 Å². The first kappa shape index (κ1) is 16.3. The highest BCUT2D eigenvalue weighted by Gasteiger charge is 2.16. The number of hydrogen-bond acceptors (Lipinski definition) is 3. The molecular formula is C14H13BrClNO3S. The van der Waals surface area contributed by atoms with Gasteiger partial charge in [-0.3, -0.25) is 0 Å². The van der Waals surface area contributed by atoms with E-state index >= 15 is 0 Å². The summed E-state index contributed by atoms with van der Waals surface area (Å²) in [7, 11) is -3.84. The lowest BCUT2D eigenvalue weighted by atomic mass is 10.2. The predicted octanol–water partition coefficient (Wildman–Crippen LogP) is 3.64. The Kier molecular flexibility index (Phi) is 4.93. The number of nitrogens with two attached hydrogens (primary N) is 1. The van der Waals surface area contributed by atoms with E-state index in [0.717, 1.165) is 15.6 Å². The van der Waals surface area contributed by atoms with Crippen LogP contribution in [0, 0.1) is 6.92 Å². The van der Waals surface area contributed by atoms with E-state index in [2.05, 4.69) is 15.9 Å². The van der Waals surface area contributed by atoms with Gasteiger partial charge in [0, 0.05) is 15.1 Å². The molecule has 0 heterocycles. The SMILES string of the molecule is Cc1ccc(OCc2ccc(Br)cc2Cl)c(S(N)(=O)=O)c1. The summed E-state index contributed by atoms with van der Waals surface area (Å²) in [6.07, 6.45) is 0. The van der Waals surface area contributed by atoms with Gasteiger partial charge in [0.15, 0.2) is 0 Å². The van der Waals surface area contributed by atoms with Gasteiger partial charge >= 0.3 is 0 Å². The Morgan fingerprint density at radius 3 is 2.57 bits per heavy atom. The van der Waals surface area contributed by atoms with Crippen LogP contribution in [0.15, 0.2) is 45.8 Å². The van der Waals surface area contributed by atoms with E-state index in [9.17, 15) is 8.42 Å². The number of halogens is 2. The predicted molar refractivity (Wildman–Crippen MR) is 86.0 cm³/mol. The Labute approximate surface area is 137 Å². The summed E-state index contributed by atoms with van der Waals surface area (Å²) >= 11 is 9.41. The lowest BCUT2D eigenvalue weighted by Crippen LogP contribution is -2.14. The van der Waals surface area contributed by atoms with Gasteiger partial charge < -0.3 is 4.74 Å². The number of aryl methyl sites for hydroxylation is 1. The highest BCUT2D eigenvalue weighted by atomic mass is 79.9. The van der Waals surface area contributed by atoms with Gasteiger partial charge in [-0.05, 0) is 36.8 Å². The molecule has 112 valence electrons. The molecule has 0 aliphatic rings. The monoisotopic (exact) mass is 389 g/mol. The topological polar surface area (TPSA) is 69.4 Å². The highest BCUT2D eigenvalue weighted by molar-refractivity contribution is 9.10. The molecule has 0 amide bonds. The molecule has 0 atom stereocenters. The highest BCUT2D eigenvalue weighted by Crippen LogP contribution is 2.27. The molecule has 2 rings (SSSR count). The van der Waals surface area contributed by atoms with Crippen LogP contribution >= 0.6 is 27.5 Å². The Bertz CT molecular complexity index is 778. The van der Waals surface area contributed by atoms with Crippen LogP contribution < -0.4 is 9.88 Å². The zero-order valence-corrected chi connectivity index (χ0v) is 14.3. The second-order valence-corrected chi connectivity index (χ2v) is 7.37. The summed E-state index contributed by atoms with van der Waals surface area (Å²) in [6.45, 7) is 1.93. The van der Waals surface area contributed by atoms with Gasteiger partial charge in [0.25, 0.3) is 0 Å². The standard InChI is InChI=1S/C14H13BrClNO3S/c1-9-2-5-13(14(6-9)21(17,18)19)20-8-10-3-4-11(15)7-12(10)16/h2-7H,8H2,1H3,(H2,17,18,19). The van der Waals surface area contributed by atoms with Crippen LogP contribution in [0.3, 0.4) is 0 Å². The fraction of sp³-hybridized carbons (Fsp3) is 0.143. The van der Waals surface area contributed by atoms with Crippen LogP contribution in [-0.4, -0.2) is 8.42 Å². The van der Waals surface area contributed by atoms with E-state index in [-0.39, 0.29) is 17.3 Å². The molecule has 0 saturated carbocycles. The van der Waals surface area contributed by atoms with E-state index in [1.165, 1.54) is 6.07 Å². The molecule has 0 aliphatic carbocycles. The van der Waals surface area contributed by atoms with Crippen molar-refractivity contribution in [3.8, 4) is 5.75 Å². The van der Waals surface area contributed by atoms with Crippen LogP contribution in [0.1, 0.15) is 11.1 Å². The van der Waals surface area contributed by atoms with Crippen molar-refractivity contribution in [3.63, 3.8) is 0 Å². The summed E-state index contributed by atoms with van der Waals surface area (Å²) in [5, 5.41) is 5.74. The summed E-state index contributed by atoms with van der Waals surface area (Å²) in [5.41, 5.74) is 1.54. The minimum atomic E-state index is -3.84.